The summed E-state index contributed by atoms with van der Waals surface area (Å²) in [5.41, 5.74) is 1.36. The molecule has 2 aliphatic heterocycles. The lowest BCUT2D eigenvalue weighted by molar-refractivity contribution is -0.135. The van der Waals surface area contributed by atoms with Crippen LogP contribution in [0.5, 0.6) is 0 Å². The van der Waals surface area contributed by atoms with E-state index in [1.54, 1.807) is 0 Å². The Bertz CT molecular complexity index is 914. The predicted octanol–water partition coefficient (Wildman–Crippen LogP) is 3.20. The highest BCUT2D eigenvalue weighted by atomic mass is 127. The number of aliphatic imine (C=N–C) groups is 1. The van der Waals surface area contributed by atoms with Crippen LogP contribution in [0, 0.1) is 0 Å². The van der Waals surface area contributed by atoms with Crippen molar-refractivity contribution >= 4 is 46.6 Å². The second-order valence-corrected chi connectivity index (χ2v) is 8.59. The fraction of sp³-hybridized carbons (Fsp3) is 0.520. The van der Waals surface area contributed by atoms with Crippen LogP contribution in [0.15, 0.2) is 47.5 Å². The maximum Gasteiger partial charge on any atom is 0.239 e. The van der Waals surface area contributed by atoms with Crippen molar-refractivity contribution in [2.75, 3.05) is 52.9 Å². The fourth-order valence-corrected chi connectivity index (χ4v) is 4.83. The van der Waals surface area contributed by atoms with E-state index in [1.165, 1.54) is 16.3 Å². The molecule has 2 aromatic rings. The average Bonchev–Trinajstić information content (AvgIpc) is 3.36. The van der Waals surface area contributed by atoms with Gasteiger partial charge in [-0.25, -0.2) is 0 Å². The Kier molecular flexibility index (Phi) is 9.16. The van der Waals surface area contributed by atoms with Gasteiger partial charge in [-0.05, 0) is 42.5 Å². The summed E-state index contributed by atoms with van der Waals surface area (Å²) < 4.78 is 0. The highest BCUT2D eigenvalue weighted by Gasteiger charge is 2.30. The molecule has 0 aromatic heterocycles. The zero-order valence-corrected chi connectivity index (χ0v) is 21.6. The van der Waals surface area contributed by atoms with Crippen LogP contribution in [0.2, 0.25) is 0 Å². The van der Waals surface area contributed by atoms with Gasteiger partial charge in [0, 0.05) is 52.9 Å². The van der Waals surface area contributed by atoms with Crippen molar-refractivity contribution in [3.05, 3.63) is 48.0 Å². The zero-order chi connectivity index (χ0) is 21.6. The molecule has 0 spiro atoms. The van der Waals surface area contributed by atoms with Gasteiger partial charge in [0.2, 0.25) is 5.91 Å². The third-order valence-corrected chi connectivity index (χ3v) is 6.71. The lowest BCUT2D eigenvalue weighted by atomic mass is 10.0. The molecule has 7 heteroatoms. The van der Waals surface area contributed by atoms with Gasteiger partial charge in [0.1, 0.15) is 0 Å². The highest BCUT2D eigenvalue weighted by molar-refractivity contribution is 14.0. The number of likely N-dealkylation sites (tertiary alicyclic amines) is 1. The number of amides is 1. The number of benzene rings is 2. The van der Waals surface area contributed by atoms with Gasteiger partial charge in [0.25, 0.3) is 0 Å². The van der Waals surface area contributed by atoms with Crippen LogP contribution in [0.1, 0.15) is 25.3 Å². The molecule has 6 nitrogen and oxygen atoms in total. The van der Waals surface area contributed by atoms with Gasteiger partial charge < -0.3 is 15.1 Å². The van der Waals surface area contributed by atoms with E-state index in [4.69, 9.17) is 0 Å². The van der Waals surface area contributed by atoms with Crippen molar-refractivity contribution in [1.29, 1.82) is 0 Å². The zero-order valence-electron chi connectivity index (χ0n) is 19.3. The molecule has 2 aliphatic rings. The Morgan fingerprint density at radius 1 is 0.969 bits per heavy atom. The molecule has 2 aromatic carbocycles. The predicted molar refractivity (Wildman–Crippen MR) is 143 cm³/mol. The summed E-state index contributed by atoms with van der Waals surface area (Å²) in [7, 11) is 1.85. The summed E-state index contributed by atoms with van der Waals surface area (Å²) in [5.74, 6) is 1.25. The van der Waals surface area contributed by atoms with Gasteiger partial charge in [-0.2, -0.15) is 0 Å². The van der Waals surface area contributed by atoms with Crippen LogP contribution in [0.25, 0.3) is 10.8 Å². The molecule has 1 unspecified atom stereocenters. The first-order valence-corrected chi connectivity index (χ1v) is 11.6. The molecule has 2 fully saturated rings. The van der Waals surface area contributed by atoms with Gasteiger partial charge in [-0.3, -0.25) is 14.7 Å². The first-order chi connectivity index (χ1) is 15.2. The van der Waals surface area contributed by atoms with Gasteiger partial charge in [0.05, 0.1) is 6.04 Å². The maximum atomic E-state index is 12.7. The van der Waals surface area contributed by atoms with Crippen LogP contribution in [-0.4, -0.2) is 85.5 Å². The summed E-state index contributed by atoms with van der Waals surface area (Å²) in [6.07, 6.45) is 3.25. The number of hydrogen-bond donors (Lipinski definition) is 1. The smallest absolute Gasteiger partial charge is 0.239 e. The van der Waals surface area contributed by atoms with E-state index < -0.39 is 0 Å². The summed E-state index contributed by atoms with van der Waals surface area (Å²) in [4.78, 5) is 23.9. The lowest BCUT2D eigenvalue weighted by Gasteiger charge is -2.39. The second-order valence-electron chi connectivity index (χ2n) is 8.59. The molecular formula is C25H36IN5O. The van der Waals surface area contributed by atoms with Gasteiger partial charge >= 0.3 is 0 Å². The number of fused-ring (bicyclic) bond motifs is 1. The summed E-state index contributed by atoms with van der Waals surface area (Å²) in [6, 6.07) is 15.0. The topological polar surface area (TPSA) is 51.2 Å². The summed E-state index contributed by atoms with van der Waals surface area (Å²) >= 11 is 0. The summed E-state index contributed by atoms with van der Waals surface area (Å²) in [5, 5.41) is 6.16. The molecule has 2 saturated heterocycles. The molecule has 0 saturated carbocycles. The number of nitrogens with one attached hydrogen (secondary N) is 1. The number of piperazine rings is 1. The molecular weight excluding hydrogens is 513 g/mol. The molecule has 2 heterocycles. The van der Waals surface area contributed by atoms with Crippen molar-refractivity contribution in [2.24, 2.45) is 4.99 Å². The van der Waals surface area contributed by atoms with Crippen LogP contribution < -0.4 is 5.32 Å². The number of nitrogens with zero attached hydrogens (tertiary/aromatic N) is 4. The normalized spacial score (nSPS) is 18.5. The molecule has 0 aliphatic carbocycles. The van der Waals surface area contributed by atoms with Gasteiger partial charge in [-0.15, -0.1) is 24.0 Å². The number of hydrogen-bond acceptors (Lipinski definition) is 3. The van der Waals surface area contributed by atoms with Gasteiger partial charge in [0.15, 0.2) is 5.96 Å². The molecule has 1 N–H and O–H groups in total. The second kappa shape index (κ2) is 11.8. The Hall–Kier alpha value is -1.87. The van der Waals surface area contributed by atoms with Crippen molar-refractivity contribution in [1.82, 2.24) is 20.0 Å². The molecule has 1 amide bonds. The fourth-order valence-electron chi connectivity index (χ4n) is 4.83. The van der Waals surface area contributed by atoms with E-state index in [1.807, 2.05) is 11.9 Å². The van der Waals surface area contributed by atoms with Crippen molar-refractivity contribution in [2.45, 2.75) is 32.2 Å². The van der Waals surface area contributed by atoms with Crippen LogP contribution in [0.4, 0.5) is 0 Å². The Balaban J connectivity index is 0.00000289. The average molecular weight is 550 g/mol. The number of carbonyl (C=O) groups is 1. The quantitative estimate of drug-likeness (QED) is 0.354. The standard InChI is InChI=1S/C25H35N5O.HI/c1-20(24(31)29-14-5-6-15-29)28-16-18-30(19-17-28)25(26-2)27-13-12-22-10-7-9-21-8-3-4-11-23(21)22;/h3-4,7-11,20H,5-6,12-19H2,1-2H3,(H,26,27);1H. The molecule has 32 heavy (non-hydrogen) atoms. The number of carbonyl (C=O) groups excluding carboxylic acids is 1. The first-order valence-electron chi connectivity index (χ1n) is 11.6. The van der Waals surface area contributed by atoms with E-state index >= 15 is 0 Å². The monoisotopic (exact) mass is 549 g/mol. The third kappa shape index (κ3) is 5.73. The van der Waals surface area contributed by atoms with E-state index in [-0.39, 0.29) is 30.0 Å². The Morgan fingerprint density at radius 2 is 1.66 bits per heavy atom. The largest absolute Gasteiger partial charge is 0.356 e. The van der Waals surface area contributed by atoms with E-state index in [0.717, 1.165) is 71.0 Å². The molecule has 0 bridgehead atoms. The molecule has 4 rings (SSSR count). The Labute approximate surface area is 209 Å². The SMILES string of the molecule is CN=C(NCCc1cccc2ccccc12)N1CCN(C(C)C(=O)N2CCCC2)CC1.I. The first kappa shape index (κ1) is 24.8. The van der Waals surface area contributed by atoms with Crippen molar-refractivity contribution < 1.29 is 4.79 Å². The van der Waals surface area contributed by atoms with Crippen molar-refractivity contribution in [3.8, 4) is 0 Å². The number of guanidine groups is 1. The minimum atomic E-state index is -0.0263. The minimum Gasteiger partial charge on any atom is -0.356 e. The maximum absolute atomic E-state index is 12.7. The van der Waals surface area contributed by atoms with Crippen LogP contribution in [0.3, 0.4) is 0 Å². The Morgan fingerprint density at radius 3 is 2.38 bits per heavy atom. The minimum absolute atomic E-state index is 0. The lowest BCUT2D eigenvalue weighted by Crippen LogP contribution is -2.57. The molecule has 0 radical (unpaired) electrons. The summed E-state index contributed by atoms with van der Waals surface area (Å²) in [6.45, 7) is 8.35. The molecule has 1 atom stereocenters. The van der Waals surface area contributed by atoms with Crippen LogP contribution in [-0.2, 0) is 11.2 Å². The van der Waals surface area contributed by atoms with Gasteiger partial charge in [-0.1, -0.05) is 42.5 Å². The van der Waals surface area contributed by atoms with E-state index in [0.29, 0.717) is 5.91 Å². The highest BCUT2D eigenvalue weighted by Crippen LogP contribution is 2.19. The number of rotatable bonds is 5. The van der Waals surface area contributed by atoms with E-state index in [9.17, 15) is 4.79 Å². The van der Waals surface area contributed by atoms with E-state index in [2.05, 4.69) is 69.5 Å². The number of halogens is 1. The van der Waals surface area contributed by atoms with Crippen molar-refractivity contribution in [3.63, 3.8) is 0 Å². The molecule has 174 valence electrons. The third-order valence-electron chi connectivity index (χ3n) is 6.71. The van der Waals surface area contributed by atoms with Crippen LogP contribution >= 0.6 is 24.0 Å².